The van der Waals surface area contributed by atoms with E-state index in [1.54, 1.807) is 6.33 Å². The summed E-state index contributed by atoms with van der Waals surface area (Å²) in [4.78, 5) is 43.3. The van der Waals surface area contributed by atoms with Gasteiger partial charge in [0.15, 0.2) is 0 Å². The monoisotopic (exact) mass is 577 g/mol. The smallest absolute Gasteiger partial charge is 0.268 e. The van der Waals surface area contributed by atoms with E-state index in [1.165, 1.54) is 0 Å². The molecule has 1 amide bonds. The lowest BCUT2D eigenvalue weighted by Gasteiger charge is -2.33. The largest absolute Gasteiger partial charge is 0.354 e. The molecule has 1 aliphatic heterocycles. The number of imidazole rings is 1. The molecule has 0 spiro atoms. The Morgan fingerprint density at radius 2 is 1.83 bits per heavy atom. The number of piperazine rings is 1. The molecule has 2 N–H and O–H groups in total. The molecule has 0 aliphatic carbocycles. The summed E-state index contributed by atoms with van der Waals surface area (Å²) < 4.78 is 1.84. The number of nitrogens with zero attached hydrogens (tertiary/aromatic N) is 5. The van der Waals surface area contributed by atoms with Gasteiger partial charge in [-0.1, -0.05) is 27.2 Å². The molecule has 9 nitrogen and oxygen atoms in total. The summed E-state index contributed by atoms with van der Waals surface area (Å²) in [6.07, 6.45) is 5.29. The van der Waals surface area contributed by atoms with Gasteiger partial charge in [0.05, 0.1) is 11.2 Å². The van der Waals surface area contributed by atoms with Crippen molar-refractivity contribution in [2.75, 3.05) is 38.1 Å². The number of fused-ring (bicyclic) bond motifs is 1. The van der Waals surface area contributed by atoms with Crippen LogP contribution in [0, 0.1) is 6.92 Å². The number of likely N-dealkylation sites (N-methyl/N-ethyl adjacent to an activating group) is 1. The molecule has 0 atom stereocenters. The lowest BCUT2D eigenvalue weighted by Crippen LogP contribution is -2.44. The van der Waals surface area contributed by atoms with Crippen molar-refractivity contribution in [3.63, 3.8) is 0 Å². The molecule has 1 saturated heterocycles. The Balaban J connectivity index is 0.00000387. The minimum absolute atomic E-state index is 0. The molecule has 4 aromatic rings. The van der Waals surface area contributed by atoms with Crippen LogP contribution >= 0.6 is 12.4 Å². The fraction of sp³-hybridized carbons (Fsp3) is 0.419. The van der Waals surface area contributed by atoms with Crippen LogP contribution in [0.25, 0.3) is 16.6 Å². The zero-order valence-corrected chi connectivity index (χ0v) is 25.3. The number of hydrogen-bond donors (Lipinski definition) is 2. The van der Waals surface area contributed by atoms with Gasteiger partial charge in [0.1, 0.15) is 17.8 Å². The number of anilines is 1. The maximum atomic E-state index is 13.6. The number of aryl methyl sites for hydroxylation is 2. The average Bonchev–Trinajstić information content (AvgIpc) is 3.37. The van der Waals surface area contributed by atoms with Crippen LogP contribution in [0.3, 0.4) is 0 Å². The lowest BCUT2D eigenvalue weighted by atomic mass is 10.0. The summed E-state index contributed by atoms with van der Waals surface area (Å²) in [5.74, 6) is 0.898. The van der Waals surface area contributed by atoms with E-state index in [1.807, 2.05) is 29.7 Å². The fourth-order valence-electron chi connectivity index (χ4n) is 5.41. The highest BCUT2D eigenvalue weighted by molar-refractivity contribution is 5.95. The van der Waals surface area contributed by atoms with Crippen LogP contribution in [0.1, 0.15) is 66.1 Å². The molecular formula is C31H40ClN7O2. The molecule has 218 valence electrons. The van der Waals surface area contributed by atoms with Gasteiger partial charge >= 0.3 is 0 Å². The van der Waals surface area contributed by atoms with E-state index in [9.17, 15) is 9.59 Å². The molecule has 41 heavy (non-hydrogen) atoms. The quantitative estimate of drug-likeness (QED) is 0.318. The number of nitrogens with one attached hydrogen (secondary N) is 2. The highest BCUT2D eigenvalue weighted by Gasteiger charge is 2.20. The van der Waals surface area contributed by atoms with E-state index in [0.717, 1.165) is 78.4 Å². The molecule has 0 bridgehead atoms. The van der Waals surface area contributed by atoms with Gasteiger partial charge in [-0.25, -0.2) is 9.97 Å². The third-order valence-corrected chi connectivity index (χ3v) is 7.67. The summed E-state index contributed by atoms with van der Waals surface area (Å²) in [5, 5.41) is 3.01. The van der Waals surface area contributed by atoms with Gasteiger partial charge in [-0.15, -0.1) is 12.4 Å². The third kappa shape index (κ3) is 6.47. The summed E-state index contributed by atoms with van der Waals surface area (Å²) in [5.41, 5.74) is 6.37. The second-order valence-corrected chi connectivity index (χ2v) is 11.1. The number of carbonyl (C=O) groups is 1. The lowest BCUT2D eigenvalue weighted by molar-refractivity contribution is 0.0944. The molecule has 10 heteroatoms. The fourth-order valence-corrected chi connectivity index (χ4v) is 5.41. The van der Waals surface area contributed by atoms with E-state index >= 15 is 0 Å². The van der Waals surface area contributed by atoms with Gasteiger partial charge < -0.3 is 20.1 Å². The molecule has 1 fully saturated rings. The zero-order chi connectivity index (χ0) is 28.4. The number of hydrogen-bond acceptors (Lipinski definition) is 6. The average molecular weight is 578 g/mol. The van der Waals surface area contributed by atoms with Crippen molar-refractivity contribution in [1.82, 2.24) is 29.6 Å². The number of aromatic amines is 1. The Hall–Kier alpha value is -3.69. The highest BCUT2D eigenvalue weighted by Crippen LogP contribution is 2.28. The van der Waals surface area contributed by atoms with Gasteiger partial charge in [-0.05, 0) is 67.8 Å². The second-order valence-electron chi connectivity index (χ2n) is 11.1. The van der Waals surface area contributed by atoms with Crippen LogP contribution in [0.4, 0.5) is 5.82 Å². The van der Waals surface area contributed by atoms with Crippen molar-refractivity contribution in [1.29, 1.82) is 0 Å². The summed E-state index contributed by atoms with van der Waals surface area (Å²) in [6.45, 7) is 12.3. The van der Waals surface area contributed by atoms with Crippen molar-refractivity contribution in [3.8, 4) is 11.1 Å². The van der Waals surface area contributed by atoms with Gasteiger partial charge in [0.2, 0.25) is 0 Å². The van der Waals surface area contributed by atoms with Gasteiger partial charge in [-0.3, -0.25) is 14.0 Å². The maximum Gasteiger partial charge on any atom is 0.268 e. The molecular weight excluding hydrogens is 538 g/mol. The molecule has 0 saturated carbocycles. The minimum Gasteiger partial charge on any atom is -0.354 e. The first kappa shape index (κ1) is 30.3. The van der Waals surface area contributed by atoms with Crippen LogP contribution < -0.4 is 15.8 Å². The van der Waals surface area contributed by atoms with Crippen LogP contribution in [-0.4, -0.2) is 63.4 Å². The maximum absolute atomic E-state index is 13.6. The van der Waals surface area contributed by atoms with Gasteiger partial charge in [0.25, 0.3) is 11.5 Å². The predicted octanol–water partition coefficient (Wildman–Crippen LogP) is 4.57. The van der Waals surface area contributed by atoms with Crippen molar-refractivity contribution in [2.24, 2.45) is 0 Å². The molecule has 5 rings (SSSR count). The topological polar surface area (TPSA) is 98.6 Å². The molecule has 5 heterocycles. The van der Waals surface area contributed by atoms with E-state index in [0.29, 0.717) is 11.3 Å². The van der Waals surface area contributed by atoms with Gasteiger partial charge in [0, 0.05) is 55.7 Å². The van der Waals surface area contributed by atoms with E-state index in [-0.39, 0.29) is 36.3 Å². The van der Waals surface area contributed by atoms with Crippen LogP contribution in [0.5, 0.6) is 0 Å². The molecule has 0 radical (unpaired) electrons. The Morgan fingerprint density at radius 1 is 1.07 bits per heavy atom. The summed E-state index contributed by atoms with van der Waals surface area (Å²) >= 11 is 0. The van der Waals surface area contributed by atoms with Gasteiger partial charge in [-0.2, -0.15) is 0 Å². The Kier molecular flexibility index (Phi) is 9.50. The van der Waals surface area contributed by atoms with Crippen molar-refractivity contribution < 1.29 is 4.79 Å². The van der Waals surface area contributed by atoms with Crippen LogP contribution in [-0.2, 0) is 13.0 Å². The third-order valence-electron chi connectivity index (χ3n) is 7.67. The molecule has 0 unspecified atom stereocenters. The first-order valence-corrected chi connectivity index (χ1v) is 14.2. The number of amides is 1. The van der Waals surface area contributed by atoms with Crippen LogP contribution in [0.15, 0.2) is 47.7 Å². The van der Waals surface area contributed by atoms with E-state index in [4.69, 9.17) is 4.98 Å². The molecule has 4 aromatic heterocycles. The summed E-state index contributed by atoms with van der Waals surface area (Å²) in [7, 11) is 2.14. The normalized spacial score (nSPS) is 14.0. The number of halogens is 1. The number of carbonyl (C=O) groups excluding carboxylic acids is 1. The number of aromatic nitrogens is 4. The second kappa shape index (κ2) is 12.9. The highest BCUT2D eigenvalue weighted by atomic mass is 35.5. The van der Waals surface area contributed by atoms with Crippen molar-refractivity contribution in [3.05, 3.63) is 81.4 Å². The summed E-state index contributed by atoms with van der Waals surface area (Å²) in [6, 6.07) is 10.1. The van der Waals surface area contributed by atoms with Crippen molar-refractivity contribution >= 4 is 29.6 Å². The Morgan fingerprint density at radius 3 is 2.49 bits per heavy atom. The first-order chi connectivity index (χ1) is 19.2. The van der Waals surface area contributed by atoms with Crippen molar-refractivity contribution in [2.45, 2.75) is 53.0 Å². The standard InChI is InChI=1S/C31H39N7O2.ClH/c1-6-7-22-14-21(4)35-30(39)25(22)18-33-31(40)27-16-24(15-26-29(20(2)3)34-19-38(26)27)23-8-9-28(32-17-23)37-12-10-36(5)11-13-37;/h8-9,14-17,19-20H,6-7,10-13,18H2,1-5H3,(H,33,40)(H,35,39);1H. The van der Waals surface area contributed by atoms with Crippen LogP contribution in [0.2, 0.25) is 0 Å². The predicted molar refractivity (Wildman–Crippen MR) is 166 cm³/mol. The Labute approximate surface area is 247 Å². The molecule has 1 aliphatic rings. The van der Waals surface area contributed by atoms with E-state index < -0.39 is 0 Å². The zero-order valence-electron chi connectivity index (χ0n) is 24.5. The van der Waals surface area contributed by atoms with E-state index in [2.05, 4.69) is 71.1 Å². The molecule has 0 aromatic carbocycles. The number of rotatable bonds is 8. The minimum atomic E-state index is -0.260. The first-order valence-electron chi connectivity index (χ1n) is 14.2. The Bertz CT molecular complexity index is 1570. The number of pyridine rings is 3. The SMILES string of the molecule is CCCc1cc(C)[nH]c(=O)c1CNC(=O)c1cc(-c2ccc(N3CCN(C)CC3)nc2)cc2c(C(C)C)ncn12.Cl. The number of H-pyrrole nitrogens is 1.